The Kier molecular flexibility index (Phi) is 7.42. The maximum Gasteiger partial charge on any atom is 0.166 e. The van der Waals surface area contributed by atoms with Gasteiger partial charge in [0.25, 0.3) is 0 Å². The highest BCUT2D eigenvalue weighted by Crippen LogP contribution is 2.43. The lowest BCUT2D eigenvalue weighted by Crippen LogP contribution is -2.02. The quantitative estimate of drug-likeness (QED) is 0.172. The zero-order valence-corrected chi connectivity index (χ0v) is 30.2. The van der Waals surface area contributed by atoms with Crippen molar-refractivity contribution >= 4 is 43.7 Å². The predicted molar refractivity (Wildman–Crippen MR) is 229 cm³/mol. The molecule has 0 aliphatic carbocycles. The van der Waals surface area contributed by atoms with Crippen LogP contribution in [0.2, 0.25) is 0 Å². The van der Waals surface area contributed by atoms with Crippen LogP contribution in [0.15, 0.2) is 199 Å². The molecular weight excluding hydrogens is 685 g/mol. The standard InChI is InChI=1S/C51H32N4O/c1-4-16-33(17-5-1)37-22-10-11-23-38(37)40-25-15-29-46-47(40)43-32-36(30-31-45(43)56-46)55-44-28-13-12-24-39(44)41-26-14-27-42(48(41)55)51-53-49(34-18-6-2-7-19-34)52-50(54-51)35-20-8-3-9-21-35/h1-32H. The van der Waals surface area contributed by atoms with E-state index in [1.807, 2.05) is 60.7 Å². The predicted octanol–water partition coefficient (Wildman–Crippen LogP) is 13.2. The lowest BCUT2D eigenvalue weighted by Gasteiger charge is -2.13. The Labute approximate surface area is 322 Å². The molecule has 0 aliphatic heterocycles. The highest BCUT2D eigenvalue weighted by atomic mass is 16.3. The van der Waals surface area contributed by atoms with Gasteiger partial charge in [-0.1, -0.05) is 158 Å². The van der Waals surface area contributed by atoms with Gasteiger partial charge in [-0.15, -0.1) is 0 Å². The van der Waals surface area contributed by atoms with E-state index in [4.69, 9.17) is 19.4 Å². The summed E-state index contributed by atoms with van der Waals surface area (Å²) in [5.41, 5.74) is 12.3. The number of benzene rings is 8. The Bertz CT molecular complexity index is 3180. The lowest BCUT2D eigenvalue weighted by molar-refractivity contribution is 0.669. The Morgan fingerprint density at radius 3 is 1.64 bits per heavy atom. The van der Waals surface area contributed by atoms with Crippen LogP contribution in [0.5, 0.6) is 0 Å². The van der Waals surface area contributed by atoms with E-state index in [-0.39, 0.29) is 0 Å². The van der Waals surface area contributed by atoms with Gasteiger partial charge in [0.2, 0.25) is 0 Å². The lowest BCUT2D eigenvalue weighted by atomic mass is 9.92. The molecule has 3 aromatic heterocycles. The van der Waals surface area contributed by atoms with Gasteiger partial charge in [-0.3, -0.25) is 0 Å². The fourth-order valence-electron chi connectivity index (χ4n) is 8.16. The van der Waals surface area contributed by atoms with Crippen molar-refractivity contribution in [3.05, 3.63) is 194 Å². The summed E-state index contributed by atoms with van der Waals surface area (Å²) in [6, 6.07) is 67.4. The van der Waals surface area contributed by atoms with Crippen molar-refractivity contribution in [2.75, 3.05) is 0 Å². The average molecular weight is 717 g/mol. The molecule has 8 aromatic carbocycles. The van der Waals surface area contributed by atoms with Gasteiger partial charge in [0.1, 0.15) is 11.2 Å². The molecule has 0 spiro atoms. The molecule has 0 bridgehead atoms. The van der Waals surface area contributed by atoms with Gasteiger partial charge < -0.3 is 8.98 Å². The third-order valence-electron chi connectivity index (χ3n) is 10.7. The van der Waals surface area contributed by atoms with Crippen molar-refractivity contribution in [3.8, 4) is 62.1 Å². The van der Waals surface area contributed by atoms with Gasteiger partial charge in [0.15, 0.2) is 17.5 Å². The van der Waals surface area contributed by atoms with Gasteiger partial charge in [0.05, 0.1) is 11.0 Å². The summed E-state index contributed by atoms with van der Waals surface area (Å²) < 4.78 is 8.93. The maximum atomic E-state index is 6.57. The first-order chi connectivity index (χ1) is 27.8. The summed E-state index contributed by atoms with van der Waals surface area (Å²) in [7, 11) is 0. The topological polar surface area (TPSA) is 56.7 Å². The van der Waals surface area contributed by atoms with E-state index in [0.717, 1.165) is 77.2 Å². The first-order valence-electron chi connectivity index (χ1n) is 18.8. The molecule has 3 heterocycles. The molecule has 0 amide bonds. The minimum absolute atomic E-state index is 0.613. The summed E-state index contributed by atoms with van der Waals surface area (Å²) in [5, 5.41) is 4.42. The Morgan fingerprint density at radius 1 is 0.357 bits per heavy atom. The number of fused-ring (bicyclic) bond motifs is 6. The van der Waals surface area contributed by atoms with Crippen LogP contribution in [0.3, 0.4) is 0 Å². The van der Waals surface area contributed by atoms with Crippen LogP contribution in [0.1, 0.15) is 0 Å². The minimum Gasteiger partial charge on any atom is -0.456 e. The first-order valence-corrected chi connectivity index (χ1v) is 18.8. The first kappa shape index (κ1) is 31.9. The SMILES string of the molecule is c1ccc(-c2nc(-c3ccccc3)nc(-c3cccc4c5ccccc5n(-c5ccc6oc7cccc(-c8ccccc8-c8ccccc8)c7c6c5)c34)n2)cc1. The molecule has 0 atom stereocenters. The number of aromatic nitrogens is 4. The summed E-state index contributed by atoms with van der Waals surface area (Å²) in [6.45, 7) is 0. The summed E-state index contributed by atoms with van der Waals surface area (Å²) >= 11 is 0. The van der Waals surface area contributed by atoms with Crippen LogP contribution < -0.4 is 0 Å². The van der Waals surface area contributed by atoms with Gasteiger partial charge >= 0.3 is 0 Å². The second-order valence-electron chi connectivity index (χ2n) is 14.0. The minimum atomic E-state index is 0.613. The van der Waals surface area contributed by atoms with E-state index in [1.54, 1.807) is 0 Å². The summed E-state index contributed by atoms with van der Waals surface area (Å²) in [6.07, 6.45) is 0. The number of furan rings is 1. The molecule has 5 heteroatoms. The molecule has 0 fully saturated rings. The molecule has 0 radical (unpaired) electrons. The number of hydrogen-bond donors (Lipinski definition) is 0. The van der Waals surface area contributed by atoms with E-state index in [2.05, 4.69) is 138 Å². The van der Waals surface area contributed by atoms with Crippen LogP contribution in [-0.2, 0) is 0 Å². The largest absolute Gasteiger partial charge is 0.456 e. The molecule has 0 N–H and O–H groups in total. The van der Waals surface area contributed by atoms with Crippen LogP contribution in [-0.4, -0.2) is 19.5 Å². The number of hydrogen-bond acceptors (Lipinski definition) is 4. The third-order valence-corrected chi connectivity index (χ3v) is 10.7. The molecule has 11 aromatic rings. The number of rotatable bonds is 6. The molecule has 0 saturated carbocycles. The molecule has 0 aliphatic rings. The highest BCUT2D eigenvalue weighted by molar-refractivity contribution is 6.16. The fourth-order valence-corrected chi connectivity index (χ4v) is 8.16. The molecular formula is C51H32N4O. The van der Waals surface area contributed by atoms with Crippen LogP contribution in [0.4, 0.5) is 0 Å². The van der Waals surface area contributed by atoms with Gasteiger partial charge in [-0.2, -0.15) is 0 Å². The van der Waals surface area contributed by atoms with Gasteiger partial charge in [-0.25, -0.2) is 15.0 Å². The number of nitrogens with zero attached hydrogens (tertiary/aromatic N) is 4. The van der Waals surface area contributed by atoms with Crippen molar-refractivity contribution in [1.29, 1.82) is 0 Å². The van der Waals surface area contributed by atoms with E-state index in [0.29, 0.717) is 17.5 Å². The molecule has 5 nitrogen and oxygen atoms in total. The third kappa shape index (κ3) is 5.21. The van der Waals surface area contributed by atoms with Crippen molar-refractivity contribution in [2.45, 2.75) is 0 Å². The smallest absolute Gasteiger partial charge is 0.166 e. The molecule has 56 heavy (non-hydrogen) atoms. The number of para-hydroxylation sites is 2. The van der Waals surface area contributed by atoms with Crippen LogP contribution >= 0.6 is 0 Å². The van der Waals surface area contributed by atoms with Crippen molar-refractivity contribution in [3.63, 3.8) is 0 Å². The Balaban J connectivity index is 1.17. The van der Waals surface area contributed by atoms with Crippen molar-refractivity contribution in [1.82, 2.24) is 19.5 Å². The van der Waals surface area contributed by atoms with E-state index in [9.17, 15) is 0 Å². The van der Waals surface area contributed by atoms with E-state index in [1.165, 1.54) is 11.1 Å². The van der Waals surface area contributed by atoms with Crippen LogP contribution in [0.25, 0.3) is 106 Å². The normalized spacial score (nSPS) is 11.6. The van der Waals surface area contributed by atoms with Crippen molar-refractivity contribution < 1.29 is 4.42 Å². The fraction of sp³-hybridized carbons (Fsp3) is 0. The average Bonchev–Trinajstić information content (AvgIpc) is 3.83. The Morgan fingerprint density at radius 2 is 0.911 bits per heavy atom. The highest BCUT2D eigenvalue weighted by Gasteiger charge is 2.22. The molecule has 11 rings (SSSR count). The zero-order valence-electron chi connectivity index (χ0n) is 30.2. The van der Waals surface area contributed by atoms with Gasteiger partial charge in [0, 0.05) is 43.9 Å². The molecule has 262 valence electrons. The van der Waals surface area contributed by atoms with Gasteiger partial charge in [-0.05, 0) is 58.7 Å². The zero-order chi connectivity index (χ0) is 37.0. The second kappa shape index (κ2) is 13.0. The summed E-state index contributed by atoms with van der Waals surface area (Å²) in [4.78, 5) is 15.3. The monoisotopic (exact) mass is 716 g/mol. The van der Waals surface area contributed by atoms with E-state index >= 15 is 0 Å². The van der Waals surface area contributed by atoms with Crippen molar-refractivity contribution in [2.24, 2.45) is 0 Å². The molecule has 0 unspecified atom stereocenters. The molecule has 0 saturated heterocycles. The maximum absolute atomic E-state index is 6.57. The second-order valence-corrected chi connectivity index (χ2v) is 14.0. The Hall–Kier alpha value is -7.63. The van der Waals surface area contributed by atoms with Crippen LogP contribution in [0, 0.1) is 0 Å². The summed E-state index contributed by atoms with van der Waals surface area (Å²) in [5.74, 6) is 1.87. The van der Waals surface area contributed by atoms with E-state index < -0.39 is 0 Å².